The Bertz CT molecular complexity index is 515. The van der Waals surface area contributed by atoms with Gasteiger partial charge in [0.25, 0.3) is 0 Å². The Balaban J connectivity index is 3.29. The van der Waals surface area contributed by atoms with Crippen LogP contribution in [0.25, 0.3) is 0 Å². The fraction of sp³-hybridized carbons (Fsp3) is 0.222. The smallest absolute Gasteiger partial charge is 0.369 e. The predicted molar refractivity (Wildman–Crippen MR) is 66.5 cm³/mol. The van der Waals surface area contributed by atoms with Crippen LogP contribution < -0.4 is 10.6 Å². The minimum Gasteiger partial charge on any atom is -0.369 e. The number of anilines is 1. The van der Waals surface area contributed by atoms with Crippen LogP contribution >= 0.6 is 27.7 Å². The minimum atomic E-state index is -5.03. The average molecular weight is 382 g/mol. The molecule has 0 aliphatic heterocycles. The maximum Gasteiger partial charge on any atom is 0.491 e. The lowest BCUT2D eigenvalue weighted by molar-refractivity contribution is -0.118. The fourth-order valence-corrected chi connectivity index (χ4v) is 2.26. The lowest BCUT2D eigenvalue weighted by atomic mass is 10.3. The summed E-state index contributed by atoms with van der Waals surface area (Å²) in [5.74, 6) is -1.35. The van der Waals surface area contributed by atoms with E-state index in [1.54, 1.807) is 0 Å². The van der Waals surface area contributed by atoms with Gasteiger partial charge in [-0.3, -0.25) is 5.41 Å². The molecule has 0 unspecified atom stereocenters. The molecule has 0 bridgehead atoms. The molecule has 0 aromatic heterocycles. The van der Waals surface area contributed by atoms with Crippen LogP contribution in [0.3, 0.4) is 0 Å². The highest BCUT2D eigenvalue weighted by atomic mass is 79.9. The van der Waals surface area contributed by atoms with Crippen LogP contribution in [-0.4, -0.2) is 17.8 Å². The summed E-state index contributed by atoms with van der Waals surface area (Å²) in [5, 5.41) is 6.93. The van der Waals surface area contributed by atoms with Crippen molar-refractivity contribution >= 4 is 39.3 Å². The topological polar surface area (TPSA) is 53.1 Å². The van der Waals surface area contributed by atoms with Crippen LogP contribution in [0.4, 0.5) is 32.0 Å². The van der Waals surface area contributed by atoms with E-state index in [9.17, 15) is 26.3 Å². The highest BCUT2D eigenvalue weighted by Gasteiger charge is 2.41. The molecule has 0 aliphatic rings. The lowest BCUT2D eigenvalue weighted by Crippen LogP contribution is -2.47. The van der Waals surface area contributed by atoms with Gasteiger partial charge in [-0.25, -0.2) is 4.90 Å². The van der Waals surface area contributed by atoms with Crippen molar-refractivity contribution in [2.75, 3.05) is 4.90 Å². The van der Waals surface area contributed by atoms with E-state index in [4.69, 9.17) is 11.1 Å². The van der Waals surface area contributed by atoms with E-state index in [2.05, 4.69) is 15.9 Å². The number of guanidine groups is 1. The van der Waals surface area contributed by atoms with Gasteiger partial charge in [0.05, 0.1) is 5.69 Å². The molecule has 1 aromatic rings. The number of alkyl halides is 6. The first-order valence-electron chi connectivity index (χ1n) is 4.68. The van der Waals surface area contributed by atoms with E-state index in [0.29, 0.717) is 6.07 Å². The van der Waals surface area contributed by atoms with Crippen LogP contribution in [0.15, 0.2) is 27.6 Å². The summed E-state index contributed by atoms with van der Waals surface area (Å²) in [6.07, 6.45) is -5.03. The Morgan fingerprint density at radius 1 is 1.20 bits per heavy atom. The molecular weight excluding hydrogens is 376 g/mol. The van der Waals surface area contributed by atoms with Crippen molar-refractivity contribution < 1.29 is 26.3 Å². The maximum absolute atomic E-state index is 12.8. The number of hydrogen-bond donors (Lipinski definition) is 2. The largest absolute Gasteiger partial charge is 0.491 e. The summed E-state index contributed by atoms with van der Waals surface area (Å²) in [7, 11) is 0. The summed E-state index contributed by atoms with van der Waals surface area (Å²) in [6.45, 7) is 0. The van der Waals surface area contributed by atoms with E-state index in [1.165, 1.54) is 0 Å². The molecule has 0 saturated carbocycles. The van der Waals surface area contributed by atoms with Crippen molar-refractivity contribution in [2.45, 2.75) is 16.7 Å². The standard InChI is InChI=1S/C9H6BrF6N3S/c10-5-2-1-4(20-9(14,15)16)3-6(5)19(7(17)18)8(11,12)13/h1-3H,(H3,17,18). The minimum absolute atomic E-state index is 0.142. The lowest BCUT2D eigenvalue weighted by Gasteiger charge is -2.26. The normalized spacial score (nSPS) is 12.3. The Hall–Kier alpha value is -1.10. The summed E-state index contributed by atoms with van der Waals surface area (Å²) >= 11 is 2.22. The molecule has 112 valence electrons. The fourth-order valence-electron chi connectivity index (χ4n) is 1.26. The van der Waals surface area contributed by atoms with E-state index in [0.717, 1.165) is 12.1 Å². The second kappa shape index (κ2) is 5.72. The number of nitrogens with zero attached hydrogens (tertiary/aromatic N) is 1. The third kappa shape index (κ3) is 4.47. The third-order valence-electron chi connectivity index (χ3n) is 1.89. The van der Waals surface area contributed by atoms with E-state index in [-0.39, 0.29) is 4.47 Å². The molecule has 3 N–H and O–H groups in total. The molecule has 0 spiro atoms. The zero-order valence-corrected chi connectivity index (χ0v) is 11.7. The van der Waals surface area contributed by atoms with Gasteiger partial charge < -0.3 is 5.73 Å². The zero-order valence-electron chi connectivity index (χ0n) is 9.31. The second-order valence-electron chi connectivity index (χ2n) is 3.35. The number of hydrogen-bond acceptors (Lipinski definition) is 2. The molecule has 0 radical (unpaired) electrons. The monoisotopic (exact) mass is 381 g/mol. The van der Waals surface area contributed by atoms with E-state index in [1.807, 2.05) is 0 Å². The number of nitrogens with one attached hydrogen (secondary N) is 1. The van der Waals surface area contributed by atoms with Crippen LogP contribution in [0.5, 0.6) is 0 Å². The molecule has 3 nitrogen and oxygen atoms in total. The Labute approximate surface area is 121 Å². The molecule has 0 atom stereocenters. The van der Waals surface area contributed by atoms with Crippen LogP contribution in [0, 0.1) is 5.41 Å². The van der Waals surface area contributed by atoms with E-state index >= 15 is 0 Å². The molecular formula is C9H6BrF6N3S. The molecule has 11 heteroatoms. The zero-order chi connectivity index (χ0) is 15.7. The molecule has 0 amide bonds. The van der Waals surface area contributed by atoms with Gasteiger partial charge in [-0.15, -0.1) is 13.2 Å². The molecule has 0 fully saturated rings. The Morgan fingerprint density at radius 2 is 1.75 bits per heavy atom. The van der Waals surface area contributed by atoms with Crippen molar-refractivity contribution in [1.29, 1.82) is 5.41 Å². The Morgan fingerprint density at radius 3 is 2.15 bits per heavy atom. The van der Waals surface area contributed by atoms with Crippen LogP contribution in [0.2, 0.25) is 0 Å². The average Bonchev–Trinajstić information content (AvgIpc) is 2.18. The van der Waals surface area contributed by atoms with Gasteiger partial charge in [-0.05, 0) is 45.9 Å². The van der Waals surface area contributed by atoms with Crippen LogP contribution in [0.1, 0.15) is 0 Å². The molecule has 0 heterocycles. The molecule has 0 aliphatic carbocycles. The van der Waals surface area contributed by atoms with Crippen molar-refractivity contribution in [3.63, 3.8) is 0 Å². The van der Waals surface area contributed by atoms with E-state index < -0.39 is 45.0 Å². The summed E-state index contributed by atoms with van der Waals surface area (Å²) < 4.78 is 74.8. The molecule has 1 aromatic carbocycles. The van der Waals surface area contributed by atoms with Crippen molar-refractivity contribution in [1.82, 2.24) is 0 Å². The van der Waals surface area contributed by atoms with Gasteiger partial charge in [0, 0.05) is 9.37 Å². The molecule has 1 rings (SSSR count). The number of halogens is 7. The predicted octanol–water partition coefficient (Wildman–Crippen LogP) is 4.28. The summed E-state index contributed by atoms with van der Waals surface area (Å²) in [5.41, 5.74) is -0.489. The van der Waals surface area contributed by atoms with Crippen molar-refractivity contribution in [3.05, 3.63) is 22.7 Å². The number of nitrogens with two attached hydrogens (primary N) is 1. The highest BCUT2D eigenvalue weighted by Crippen LogP contribution is 2.41. The first-order valence-corrected chi connectivity index (χ1v) is 6.29. The first-order chi connectivity index (χ1) is 8.92. The van der Waals surface area contributed by atoms with Gasteiger partial charge in [0.1, 0.15) is 0 Å². The number of rotatable bonds is 2. The third-order valence-corrected chi connectivity index (χ3v) is 3.28. The van der Waals surface area contributed by atoms with Gasteiger partial charge in [-0.1, -0.05) is 0 Å². The summed E-state index contributed by atoms with van der Waals surface area (Å²) in [4.78, 5) is -0.983. The maximum atomic E-state index is 12.8. The molecule has 20 heavy (non-hydrogen) atoms. The first kappa shape index (κ1) is 17.0. The van der Waals surface area contributed by atoms with Gasteiger partial charge >= 0.3 is 11.8 Å². The highest BCUT2D eigenvalue weighted by molar-refractivity contribution is 9.10. The summed E-state index contributed by atoms with van der Waals surface area (Å²) in [6, 6.07) is 2.67. The Kier molecular flexibility index (Phi) is 4.85. The molecule has 0 saturated heterocycles. The van der Waals surface area contributed by atoms with Gasteiger partial charge in [0.15, 0.2) is 5.96 Å². The van der Waals surface area contributed by atoms with Gasteiger partial charge in [-0.2, -0.15) is 13.2 Å². The SMILES string of the molecule is N=C(N)N(c1cc(SC(F)(F)F)ccc1Br)C(F)(F)F. The van der Waals surface area contributed by atoms with Gasteiger partial charge in [0.2, 0.25) is 0 Å². The van der Waals surface area contributed by atoms with Crippen LogP contribution in [-0.2, 0) is 0 Å². The number of benzene rings is 1. The van der Waals surface area contributed by atoms with Crippen molar-refractivity contribution in [3.8, 4) is 0 Å². The number of thioether (sulfide) groups is 1. The van der Waals surface area contributed by atoms with Crippen molar-refractivity contribution in [2.24, 2.45) is 5.73 Å². The quantitative estimate of drug-likeness (QED) is 0.264. The second-order valence-corrected chi connectivity index (χ2v) is 5.34.